The average Bonchev–Trinajstić information content (AvgIpc) is 2.50. The van der Waals surface area contributed by atoms with E-state index in [9.17, 15) is 12.8 Å². The van der Waals surface area contributed by atoms with Crippen LogP contribution in [0.15, 0.2) is 23.1 Å². The number of nitrogens with two attached hydrogens (primary N) is 1. The molecule has 0 bridgehead atoms. The Morgan fingerprint density at radius 3 is 2.61 bits per heavy atom. The number of ether oxygens (including phenoxy) is 1. The molecule has 1 aliphatic rings. The normalized spacial score (nSPS) is 17.0. The molecular formula is C15H24ClFN2O3S. The molecule has 1 heterocycles. The van der Waals surface area contributed by atoms with Gasteiger partial charge in [0, 0.05) is 25.3 Å². The maximum Gasteiger partial charge on any atom is 0.243 e. The molecule has 1 saturated heterocycles. The van der Waals surface area contributed by atoms with Gasteiger partial charge < -0.3 is 10.5 Å². The highest BCUT2D eigenvalue weighted by Crippen LogP contribution is 2.25. The number of benzene rings is 1. The molecule has 0 spiro atoms. The van der Waals surface area contributed by atoms with Gasteiger partial charge in [0.25, 0.3) is 0 Å². The summed E-state index contributed by atoms with van der Waals surface area (Å²) in [5.41, 5.74) is 5.59. The lowest BCUT2D eigenvalue weighted by molar-refractivity contribution is 0.0209. The van der Waals surface area contributed by atoms with Gasteiger partial charge in [0.15, 0.2) is 0 Å². The van der Waals surface area contributed by atoms with Crippen molar-refractivity contribution < 1.29 is 17.5 Å². The topological polar surface area (TPSA) is 72.6 Å². The van der Waals surface area contributed by atoms with E-state index in [1.807, 2.05) is 0 Å². The Hall–Kier alpha value is -0.730. The summed E-state index contributed by atoms with van der Waals surface area (Å²) >= 11 is 0. The summed E-state index contributed by atoms with van der Waals surface area (Å²) in [4.78, 5) is 0.0509. The zero-order chi connectivity index (χ0) is 16.2. The molecule has 1 aromatic carbocycles. The highest BCUT2D eigenvalue weighted by molar-refractivity contribution is 7.89. The quantitative estimate of drug-likeness (QED) is 0.782. The molecule has 1 aromatic rings. The molecule has 0 atom stereocenters. The predicted octanol–water partition coefficient (Wildman–Crippen LogP) is 2.07. The number of hydrogen-bond donors (Lipinski definition) is 1. The Bertz CT molecular complexity index is 605. The summed E-state index contributed by atoms with van der Waals surface area (Å²) in [6.07, 6.45) is 2.18. The summed E-state index contributed by atoms with van der Waals surface area (Å²) < 4.78 is 45.9. The fraction of sp³-hybridized carbons (Fsp3) is 0.600. The lowest BCUT2D eigenvalue weighted by atomic mass is 10.1. The van der Waals surface area contributed by atoms with Crippen molar-refractivity contribution in [3.05, 3.63) is 29.6 Å². The van der Waals surface area contributed by atoms with Gasteiger partial charge in [-0.1, -0.05) is 6.07 Å². The lowest BCUT2D eigenvalue weighted by Gasteiger charge is -2.31. The molecule has 0 amide bonds. The van der Waals surface area contributed by atoms with Crippen LogP contribution in [0.3, 0.4) is 0 Å². The highest BCUT2D eigenvalue weighted by Gasteiger charge is 2.31. The van der Waals surface area contributed by atoms with E-state index in [4.69, 9.17) is 10.5 Å². The van der Waals surface area contributed by atoms with Crippen LogP contribution >= 0.6 is 12.4 Å². The van der Waals surface area contributed by atoms with Gasteiger partial charge in [0.1, 0.15) is 5.82 Å². The third kappa shape index (κ3) is 4.87. The van der Waals surface area contributed by atoms with Crippen molar-refractivity contribution in [2.45, 2.75) is 37.2 Å². The fourth-order valence-corrected chi connectivity index (χ4v) is 4.28. The van der Waals surface area contributed by atoms with Gasteiger partial charge in [0.2, 0.25) is 10.0 Å². The fourth-order valence-electron chi connectivity index (χ4n) is 2.58. The monoisotopic (exact) mass is 366 g/mol. The molecule has 132 valence electrons. The first-order valence-electron chi connectivity index (χ1n) is 7.53. The van der Waals surface area contributed by atoms with Gasteiger partial charge in [-0.25, -0.2) is 12.8 Å². The van der Waals surface area contributed by atoms with Crippen LogP contribution < -0.4 is 5.73 Å². The Kier molecular flexibility index (Phi) is 7.89. The number of sulfonamides is 1. The van der Waals surface area contributed by atoms with Crippen molar-refractivity contribution in [3.8, 4) is 0 Å². The highest BCUT2D eigenvalue weighted by atomic mass is 35.5. The number of hydrogen-bond acceptors (Lipinski definition) is 4. The average molecular weight is 367 g/mol. The van der Waals surface area contributed by atoms with Gasteiger partial charge in [-0.15, -0.1) is 12.4 Å². The van der Waals surface area contributed by atoms with Crippen LogP contribution in [-0.4, -0.2) is 45.1 Å². The Balaban J connectivity index is 0.00000264. The summed E-state index contributed by atoms with van der Waals surface area (Å²) in [7, 11) is -3.65. The Labute approximate surface area is 143 Å². The largest absolute Gasteiger partial charge is 0.378 e. The third-order valence-corrected chi connectivity index (χ3v) is 5.98. The SMILES string of the molecule is Cc1c(F)cccc1S(=O)(=O)N1CCC(OCCCN)CC1.Cl. The second kappa shape index (κ2) is 8.94. The van der Waals surface area contributed by atoms with Crippen LogP contribution in [0, 0.1) is 12.7 Å². The second-order valence-corrected chi connectivity index (χ2v) is 7.39. The minimum absolute atomic E-state index is 0. The van der Waals surface area contributed by atoms with Gasteiger partial charge in [-0.2, -0.15) is 4.31 Å². The van der Waals surface area contributed by atoms with Crippen molar-refractivity contribution in [3.63, 3.8) is 0 Å². The third-order valence-electron chi connectivity index (χ3n) is 3.94. The van der Waals surface area contributed by atoms with Crippen LogP contribution in [0.2, 0.25) is 0 Å². The Morgan fingerprint density at radius 2 is 2.00 bits per heavy atom. The molecule has 2 rings (SSSR count). The standard InChI is InChI=1S/C15H23FN2O3S.ClH/c1-12-14(16)4-2-5-15(12)22(19,20)18-9-6-13(7-10-18)21-11-3-8-17;/h2,4-5,13H,3,6-11,17H2,1H3;1H. The molecular weight excluding hydrogens is 343 g/mol. The molecule has 1 aliphatic heterocycles. The number of halogens is 2. The van der Waals surface area contributed by atoms with E-state index >= 15 is 0 Å². The van der Waals surface area contributed by atoms with Crippen molar-refractivity contribution in [2.24, 2.45) is 5.73 Å². The molecule has 8 heteroatoms. The number of rotatable bonds is 6. The van der Waals surface area contributed by atoms with Crippen LogP contribution in [0.1, 0.15) is 24.8 Å². The smallest absolute Gasteiger partial charge is 0.243 e. The first-order chi connectivity index (χ1) is 10.5. The first-order valence-corrected chi connectivity index (χ1v) is 8.97. The van der Waals surface area contributed by atoms with Crippen molar-refractivity contribution >= 4 is 22.4 Å². The summed E-state index contributed by atoms with van der Waals surface area (Å²) in [6.45, 7) is 3.48. The molecule has 23 heavy (non-hydrogen) atoms. The van der Waals surface area contributed by atoms with Gasteiger partial charge in [0.05, 0.1) is 11.0 Å². The molecule has 2 N–H and O–H groups in total. The maximum atomic E-state index is 13.6. The van der Waals surface area contributed by atoms with Gasteiger partial charge in [-0.05, 0) is 44.9 Å². The van der Waals surface area contributed by atoms with E-state index in [1.54, 1.807) is 0 Å². The molecule has 0 aliphatic carbocycles. The van der Waals surface area contributed by atoms with Crippen LogP contribution in [-0.2, 0) is 14.8 Å². The maximum absolute atomic E-state index is 13.6. The van der Waals surface area contributed by atoms with Gasteiger partial charge >= 0.3 is 0 Å². The van der Waals surface area contributed by atoms with Crippen LogP contribution in [0.5, 0.6) is 0 Å². The lowest BCUT2D eigenvalue weighted by Crippen LogP contribution is -2.41. The number of piperidine rings is 1. The zero-order valence-corrected chi connectivity index (χ0v) is 14.8. The van der Waals surface area contributed by atoms with E-state index in [2.05, 4.69) is 0 Å². The van der Waals surface area contributed by atoms with E-state index in [0.717, 1.165) is 6.42 Å². The van der Waals surface area contributed by atoms with E-state index in [0.29, 0.717) is 39.1 Å². The van der Waals surface area contributed by atoms with Gasteiger partial charge in [-0.3, -0.25) is 0 Å². The number of nitrogens with zero attached hydrogens (tertiary/aromatic N) is 1. The molecule has 1 fully saturated rings. The van der Waals surface area contributed by atoms with Crippen molar-refractivity contribution in [2.75, 3.05) is 26.2 Å². The van der Waals surface area contributed by atoms with E-state index < -0.39 is 15.8 Å². The molecule has 0 aromatic heterocycles. The summed E-state index contributed by atoms with van der Waals surface area (Å²) in [5, 5.41) is 0. The van der Waals surface area contributed by atoms with Crippen LogP contribution in [0.4, 0.5) is 4.39 Å². The summed E-state index contributed by atoms with van der Waals surface area (Å²) in [6, 6.07) is 4.15. The molecule has 0 radical (unpaired) electrons. The molecule has 0 unspecified atom stereocenters. The second-order valence-electron chi connectivity index (χ2n) is 5.48. The predicted molar refractivity (Wildman–Crippen MR) is 89.8 cm³/mol. The van der Waals surface area contributed by atoms with Crippen molar-refractivity contribution in [1.29, 1.82) is 0 Å². The molecule has 0 saturated carbocycles. The van der Waals surface area contributed by atoms with Crippen LogP contribution in [0.25, 0.3) is 0 Å². The molecule has 5 nitrogen and oxygen atoms in total. The zero-order valence-electron chi connectivity index (χ0n) is 13.2. The van der Waals surface area contributed by atoms with E-state index in [1.165, 1.54) is 29.4 Å². The minimum Gasteiger partial charge on any atom is -0.378 e. The summed E-state index contributed by atoms with van der Waals surface area (Å²) in [5.74, 6) is -0.499. The van der Waals surface area contributed by atoms with Crippen molar-refractivity contribution in [1.82, 2.24) is 4.31 Å². The Morgan fingerprint density at radius 1 is 1.35 bits per heavy atom. The van der Waals surface area contributed by atoms with E-state index in [-0.39, 0.29) is 29.0 Å². The first kappa shape index (κ1) is 20.3. The minimum atomic E-state index is -3.65.